The van der Waals surface area contributed by atoms with E-state index in [1.54, 1.807) is 11.3 Å². The zero-order valence-corrected chi connectivity index (χ0v) is 16.3. The molecule has 1 unspecified atom stereocenters. The van der Waals surface area contributed by atoms with Crippen molar-refractivity contribution in [1.82, 2.24) is 14.9 Å². The predicted octanol–water partition coefficient (Wildman–Crippen LogP) is 2.82. The Bertz CT molecular complexity index is 734. The van der Waals surface area contributed by atoms with Gasteiger partial charge < -0.3 is 14.4 Å². The van der Waals surface area contributed by atoms with Crippen molar-refractivity contribution in [3.05, 3.63) is 40.0 Å². The Kier molecular flexibility index (Phi) is 6.21. The summed E-state index contributed by atoms with van der Waals surface area (Å²) in [5.74, 6) is 1.72. The lowest BCUT2D eigenvalue weighted by molar-refractivity contribution is -0.139. The maximum absolute atomic E-state index is 12.5. The van der Waals surface area contributed by atoms with E-state index in [-0.39, 0.29) is 17.9 Å². The highest BCUT2D eigenvalue weighted by Crippen LogP contribution is 2.17. The number of rotatable bonds is 6. The van der Waals surface area contributed by atoms with E-state index in [0.29, 0.717) is 38.6 Å². The van der Waals surface area contributed by atoms with Crippen molar-refractivity contribution in [3.63, 3.8) is 0 Å². The first-order chi connectivity index (χ1) is 12.5. The van der Waals surface area contributed by atoms with Gasteiger partial charge in [-0.2, -0.15) is 16.3 Å². The molecule has 1 aliphatic rings. The smallest absolute Gasteiger partial charge is 0.227 e. The van der Waals surface area contributed by atoms with Gasteiger partial charge in [0.25, 0.3) is 0 Å². The predicted molar refractivity (Wildman–Crippen MR) is 101 cm³/mol. The maximum atomic E-state index is 12.5. The van der Waals surface area contributed by atoms with E-state index >= 15 is 0 Å². The molecule has 140 valence electrons. The molecule has 0 radical (unpaired) electrons. The summed E-state index contributed by atoms with van der Waals surface area (Å²) in [5, 5.41) is 4.01. The minimum Gasteiger partial charge on any atom is -0.475 e. The van der Waals surface area contributed by atoms with Crippen LogP contribution in [-0.4, -0.2) is 53.2 Å². The fourth-order valence-corrected chi connectivity index (χ4v) is 3.47. The molecule has 1 aliphatic heterocycles. The standard InChI is InChI=1S/C19H25N3O3S/c1-13(2)19-20-14(3)8-17(21-19)25-11-16-10-22(5-6-24-16)18(23)9-15-4-7-26-12-15/h4,7-8,12-13,16H,5-6,9-11H2,1-3H3. The number of nitrogens with zero attached hydrogens (tertiary/aromatic N) is 3. The van der Waals surface area contributed by atoms with Crippen molar-refractivity contribution < 1.29 is 14.3 Å². The van der Waals surface area contributed by atoms with Gasteiger partial charge in [-0.1, -0.05) is 13.8 Å². The van der Waals surface area contributed by atoms with Crippen LogP contribution in [0, 0.1) is 6.92 Å². The summed E-state index contributed by atoms with van der Waals surface area (Å²) >= 11 is 1.61. The zero-order chi connectivity index (χ0) is 18.5. The molecule has 0 aromatic carbocycles. The second-order valence-electron chi connectivity index (χ2n) is 6.81. The SMILES string of the molecule is Cc1cc(OCC2CN(C(=O)Cc3ccsc3)CCO2)nc(C(C)C)n1. The van der Waals surface area contributed by atoms with Crippen molar-refractivity contribution in [2.75, 3.05) is 26.3 Å². The number of carbonyl (C=O) groups is 1. The number of thiophene rings is 1. The molecule has 3 heterocycles. The van der Waals surface area contributed by atoms with Crippen LogP contribution in [0.3, 0.4) is 0 Å². The van der Waals surface area contributed by atoms with Gasteiger partial charge in [-0.25, -0.2) is 4.98 Å². The molecule has 0 saturated carbocycles. The zero-order valence-electron chi connectivity index (χ0n) is 15.5. The first-order valence-corrected chi connectivity index (χ1v) is 9.84. The van der Waals surface area contributed by atoms with Crippen LogP contribution < -0.4 is 4.74 Å². The van der Waals surface area contributed by atoms with Crippen molar-refractivity contribution >= 4 is 17.2 Å². The quantitative estimate of drug-likeness (QED) is 0.777. The van der Waals surface area contributed by atoms with E-state index in [1.807, 2.05) is 34.7 Å². The lowest BCUT2D eigenvalue weighted by Crippen LogP contribution is -2.48. The van der Waals surface area contributed by atoms with E-state index in [2.05, 4.69) is 23.8 Å². The molecule has 1 saturated heterocycles. The highest BCUT2D eigenvalue weighted by atomic mass is 32.1. The van der Waals surface area contributed by atoms with Gasteiger partial charge in [0.1, 0.15) is 18.5 Å². The highest BCUT2D eigenvalue weighted by Gasteiger charge is 2.25. The molecule has 7 heteroatoms. The number of morpholine rings is 1. The van der Waals surface area contributed by atoms with Gasteiger partial charge in [0, 0.05) is 24.2 Å². The Hall–Kier alpha value is -1.99. The fraction of sp³-hybridized carbons (Fsp3) is 0.526. The number of amides is 1. The summed E-state index contributed by atoms with van der Waals surface area (Å²) in [5.41, 5.74) is 1.95. The lowest BCUT2D eigenvalue weighted by atomic mass is 10.2. The Morgan fingerprint density at radius 1 is 1.46 bits per heavy atom. The topological polar surface area (TPSA) is 64.5 Å². The second-order valence-corrected chi connectivity index (χ2v) is 7.59. The van der Waals surface area contributed by atoms with Crippen LogP contribution in [0.4, 0.5) is 0 Å². The number of hydrogen-bond donors (Lipinski definition) is 0. The first kappa shape index (κ1) is 18.8. The van der Waals surface area contributed by atoms with E-state index in [9.17, 15) is 4.79 Å². The third-order valence-corrected chi connectivity index (χ3v) is 4.94. The van der Waals surface area contributed by atoms with Crippen molar-refractivity contribution in [1.29, 1.82) is 0 Å². The molecule has 1 atom stereocenters. The molecular formula is C19H25N3O3S. The van der Waals surface area contributed by atoms with E-state index < -0.39 is 0 Å². The Balaban J connectivity index is 1.54. The summed E-state index contributed by atoms with van der Waals surface area (Å²) in [6.45, 7) is 8.12. The van der Waals surface area contributed by atoms with E-state index in [0.717, 1.165) is 17.1 Å². The molecule has 6 nitrogen and oxygen atoms in total. The number of aromatic nitrogens is 2. The number of aryl methyl sites for hydroxylation is 1. The average Bonchev–Trinajstić information content (AvgIpc) is 3.12. The van der Waals surface area contributed by atoms with Crippen LogP contribution >= 0.6 is 11.3 Å². The largest absolute Gasteiger partial charge is 0.475 e. The van der Waals surface area contributed by atoms with Gasteiger partial charge in [0.2, 0.25) is 11.8 Å². The van der Waals surface area contributed by atoms with Crippen molar-refractivity contribution in [2.24, 2.45) is 0 Å². The van der Waals surface area contributed by atoms with Crippen LogP contribution in [0.1, 0.15) is 36.8 Å². The minimum atomic E-state index is -0.145. The lowest BCUT2D eigenvalue weighted by Gasteiger charge is -2.32. The van der Waals surface area contributed by atoms with Gasteiger partial charge in [0.05, 0.1) is 19.6 Å². The van der Waals surface area contributed by atoms with Gasteiger partial charge >= 0.3 is 0 Å². The second kappa shape index (κ2) is 8.60. The van der Waals surface area contributed by atoms with E-state index in [1.165, 1.54) is 0 Å². The summed E-state index contributed by atoms with van der Waals surface area (Å²) in [6, 6.07) is 3.82. The number of carbonyl (C=O) groups excluding carboxylic acids is 1. The molecule has 0 bridgehead atoms. The monoisotopic (exact) mass is 375 g/mol. The third kappa shape index (κ3) is 5.02. The van der Waals surface area contributed by atoms with Crippen LogP contribution in [0.5, 0.6) is 5.88 Å². The normalized spacial score (nSPS) is 17.5. The van der Waals surface area contributed by atoms with Gasteiger partial charge in [-0.3, -0.25) is 4.79 Å². The Morgan fingerprint density at radius 2 is 2.31 bits per heavy atom. The molecule has 0 aliphatic carbocycles. The summed E-state index contributed by atoms with van der Waals surface area (Å²) < 4.78 is 11.6. The van der Waals surface area contributed by atoms with E-state index in [4.69, 9.17) is 9.47 Å². The van der Waals surface area contributed by atoms with Crippen LogP contribution in [0.15, 0.2) is 22.9 Å². The first-order valence-electron chi connectivity index (χ1n) is 8.90. The fourth-order valence-electron chi connectivity index (χ4n) is 2.80. The molecule has 0 spiro atoms. The average molecular weight is 375 g/mol. The molecule has 2 aromatic rings. The summed E-state index contributed by atoms with van der Waals surface area (Å²) in [6.07, 6.45) is 0.299. The Morgan fingerprint density at radius 3 is 3.04 bits per heavy atom. The minimum absolute atomic E-state index is 0.136. The third-order valence-electron chi connectivity index (χ3n) is 4.21. The van der Waals surface area contributed by atoms with Gasteiger partial charge in [0.15, 0.2) is 0 Å². The van der Waals surface area contributed by atoms with Crippen molar-refractivity contribution in [3.8, 4) is 5.88 Å². The molecule has 2 aromatic heterocycles. The van der Waals surface area contributed by atoms with Gasteiger partial charge in [-0.05, 0) is 29.3 Å². The molecular weight excluding hydrogens is 350 g/mol. The number of ether oxygens (including phenoxy) is 2. The summed E-state index contributed by atoms with van der Waals surface area (Å²) in [7, 11) is 0. The maximum Gasteiger partial charge on any atom is 0.227 e. The molecule has 3 rings (SSSR count). The van der Waals surface area contributed by atoms with Gasteiger partial charge in [-0.15, -0.1) is 0 Å². The molecule has 1 fully saturated rings. The van der Waals surface area contributed by atoms with Crippen LogP contribution in [0.25, 0.3) is 0 Å². The van der Waals surface area contributed by atoms with Crippen LogP contribution in [-0.2, 0) is 16.0 Å². The molecule has 1 amide bonds. The molecule has 26 heavy (non-hydrogen) atoms. The molecule has 0 N–H and O–H groups in total. The number of hydrogen-bond acceptors (Lipinski definition) is 6. The van der Waals surface area contributed by atoms with Crippen molar-refractivity contribution in [2.45, 2.75) is 39.2 Å². The Labute approximate surface area is 158 Å². The highest BCUT2D eigenvalue weighted by molar-refractivity contribution is 7.08. The van der Waals surface area contributed by atoms with Crippen LogP contribution in [0.2, 0.25) is 0 Å². The summed E-state index contributed by atoms with van der Waals surface area (Å²) in [4.78, 5) is 23.2.